The summed E-state index contributed by atoms with van der Waals surface area (Å²) >= 11 is 0. The third-order valence-electron chi connectivity index (χ3n) is 2.44. The van der Waals surface area contributed by atoms with E-state index in [4.69, 9.17) is 4.74 Å². The molecule has 0 aliphatic heterocycles. The summed E-state index contributed by atoms with van der Waals surface area (Å²) in [4.78, 5) is 4.25. The number of nitrogens with zero attached hydrogens (tertiary/aromatic N) is 1. The Balaban J connectivity index is 2.30. The fraction of sp³-hybridized carbons (Fsp3) is 0.0714. The van der Waals surface area contributed by atoms with Crippen molar-refractivity contribution in [2.45, 2.75) is 0 Å². The van der Waals surface area contributed by atoms with E-state index in [9.17, 15) is 10.2 Å². The molecule has 2 rings (SSSR count). The van der Waals surface area contributed by atoms with Crippen LogP contribution in [0.1, 0.15) is 5.56 Å². The summed E-state index contributed by atoms with van der Waals surface area (Å²) in [7, 11) is 1.58. The number of para-hydroxylation sites is 2. The van der Waals surface area contributed by atoms with Gasteiger partial charge in [-0.1, -0.05) is 12.1 Å². The molecule has 18 heavy (non-hydrogen) atoms. The highest BCUT2D eigenvalue weighted by molar-refractivity contribution is 5.86. The molecule has 0 aromatic heterocycles. The molecule has 0 saturated heterocycles. The number of ether oxygens (including phenoxy) is 1. The first-order valence-corrected chi connectivity index (χ1v) is 5.40. The number of rotatable bonds is 3. The van der Waals surface area contributed by atoms with Crippen molar-refractivity contribution in [3.05, 3.63) is 48.0 Å². The molecule has 2 aromatic rings. The van der Waals surface area contributed by atoms with Crippen molar-refractivity contribution in [2.75, 3.05) is 7.11 Å². The van der Waals surface area contributed by atoms with Gasteiger partial charge in [0, 0.05) is 17.8 Å². The quantitative estimate of drug-likeness (QED) is 0.815. The molecule has 0 bridgehead atoms. The van der Waals surface area contributed by atoms with E-state index < -0.39 is 0 Å². The van der Waals surface area contributed by atoms with E-state index in [0.29, 0.717) is 17.0 Å². The Morgan fingerprint density at radius 3 is 2.61 bits per heavy atom. The standard InChI is InChI=1S/C14H13NO3/c1-18-14-5-3-2-4-12(14)15-9-10-6-7-11(16)8-13(10)17/h2-9,16-17H,1H3. The first-order chi connectivity index (χ1) is 8.70. The molecule has 4 heteroatoms. The van der Waals surface area contributed by atoms with Crippen LogP contribution in [-0.2, 0) is 0 Å². The van der Waals surface area contributed by atoms with Crippen molar-refractivity contribution in [3.63, 3.8) is 0 Å². The molecule has 0 spiro atoms. The maximum Gasteiger partial charge on any atom is 0.144 e. The van der Waals surface area contributed by atoms with Gasteiger partial charge in [0.15, 0.2) is 0 Å². The third-order valence-corrected chi connectivity index (χ3v) is 2.44. The van der Waals surface area contributed by atoms with Gasteiger partial charge >= 0.3 is 0 Å². The van der Waals surface area contributed by atoms with Crippen LogP contribution in [0.25, 0.3) is 0 Å². The lowest BCUT2D eigenvalue weighted by Gasteiger charge is -2.03. The van der Waals surface area contributed by atoms with Gasteiger partial charge in [-0.15, -0.1) is 0 Å². The smallest absolute Gasteiger partial charge is 0.144 e. The van der Waals surface area contributed by atoms with Crippen LogP contribution >= 0.6 is 0 Å². The zero-order chi connectivity index (χ0) is 13.0. The molecule has 2 aromatic carbocycles. The number of phenols is 2. The van der Waals surface area contributed by atoms with Crippen LogP contribution < -0.4 is 4.74 Å². The Labute approximate surface area is 105 Å². The number of hydrogen-bond donors (Lipinski definition) is 2. The van der Waals surface area contributed by atoms with Crippen LogP contribution in [0.2, 0.25) is 0 Å². The topological polar surface area (TPSA) is 62.0 Å². The predicted molar refractivity (Wildman–Crippen MR) is 70.0 cm³/mol. The minimum absolute atomic E-state index is 0.0157. The van der Waals surface area contributed by atoms with Crippen LogP contribution in [-0.4, -0.2) is 23.5 Å². The number of aromatic hydroxyl groups is 2. The highest BCUT2D eigenvalue weighted by atomic mass is 16.5. The summed E-state index contributed by atoms with van der Waals surface area (Å²) in [5.74, 6) is 0.655. The summed E-state index contributed by atoms with van der Waals surface area (Å²) in [5, 5.41) is 18.8. The summed E-state index contributed by atoms with van der Waals surface area (Å²) in [6, 6.07) is 11.7. The zero-order valence-corrected chi connectivity index (χ0v) is 9.87. The predicted octanol–water partition coefficient (Wildman–Crippen LogP) is 2.86. The summed E-state index contributed by atoms with van der Waals surface area (Å²) in [6.45, 7) is 0. The molecule has 0 aliphatic carbocycles. The van der Waals surface area contributed by atoms with E-state index in [2.05, 4.69) is 4.99 Å². The fourth-order valence-electron chi connectivity index (χ4n) is 1.52. The minimum atomic E-state index is -0.0198. The average molecular weight is 243 g/mol. The third kappa shape index (κ3) is 2.60. The highest BCUT2D eigenvalue weighted by Crippen LogP contribution is 2.27. The van der Waals surface area contributed by atoms with E-state index in [0.717, 1.165) is 0 Å². The maximum atomic E-state index is 9.61. The van der Waals surface area contributed by atoms with Crippen molar-refractivity contribution < 1.29 is 14.9 Å². The minimum Gasteiger partial charge on any atom is -0.508 e. The van der Waals surface area contributed by atoms with Crippen LogP contribution in [0, 0.1) is 0 Å². The molecule has 0 unspecified atom stereocenters. The Morgan fingerprint density at radius 2 is 1.89 bits per heavy atom. The lowest BCUT2D eigenvalue weighted by atomic mass is 10.2. The van der Waals surface area contributed by atoms with Gasteiger partial charge in [0.05, 0.1) is 7.11 Å². The summed E-state index contributed by atoms with van der Waals surface area (Å²) < 4.78 is 5.17. The summed E-state index contributed by atoms with van der Waals surface area (Å²) in [6.07, 6.45) is 1.52. The first kappa shape index (κ1) is 12.0. The molecule has 0 fully saturated rings. The Hall–Kier alpha value is -2.49. The van der Waals surface area contributed by atoms with Gasteiger partial charge in [-0.25, -0.2) is 0 Å². The van der Waals surface area contributed by atoms with E-state index in [1.807, 2.05) is 24.3 Å². The molecule has 0 heterocycles. The van der Waals surface area contributed by atoms with Crippen molar-refractivity contribution in [1.82, 2.24) is 0 Å². The van der Waals surface area contributed by atoms with Crippen LogP contribution in [0.5, 0.6) is 17.2 Å². The molecule has 0 radical (unpaired) electrons. The highest BCUT2D eigenvalue weighted by Gasteiger charge is 2.01. The molecule has 0 atom stereocenters. The number of aliphatic imine (C=N–C) groups is 1. The van der Waals surface area contributed by atoms with E-state index in [1.165, 1.54) is 18.3 Å². The van der Waals surface area contributed by atoms with Crippen LogP contribution in [0.15, 0.2) is 47.5 Å². The Kier molecular flexibility index (Phi) is 3.48. The molecular formula is C14H13NO3. The second kappa shape index (κ2) is 5.23. The van der Waals surface area contributed by atoms with Gasteiger partial charge in [-0.3, -0.25) is 4.99 Å². The number of methoxy groups -OCH3 is 1. The van der Waals surface area contributed by atoms with E-state index >= 15 is 0 Å². The molecule has 0 amide bonds. The molecular weight excluding hydrogens is 230 g/mol. The second-order valence-electron chi connectivity index (χ2n) is 3.67. The number of phenolic OH excluding ortho intramolecular Hbond substituents is 2. The largest absolute Gasteiger partial charge is 0.508 e. The Morgan fingerprint density at radius 1 is 1.11 bits per heavy atom. The normalized spacial score (nSPS) is 10.7. The van der Waals surface area contributed by atoms with Gasteiger partial charge in [-0.2, -0.15) is 0 Å². The SMILES string of the molecule is COc1ccccc1N=Cc1ccc(O)cc1O. The van der Waals surface area contributed by atoms with Gasteiger partial charge in [0.2, 0.25) is 0 Å². The average Bonchev–Trinajstić information content (AvgIpc) is 2.38. The molecule has 0 saturated carbocycles. The van der Waals surface area contributed by atoms with Gasteiger partial charge in [0.25, 0.3) is 0 Å². The maximum absolute atomic E-state index is 9.61. The van der Waals surface area contributed by atoms with Gasteiger partial charge < -0.3 is 14.9 Å². The van der Waals surface area contributed by atoms with Gasteiger partial charge in [0.1, 0.15) is 22.9 Å². The Bertz CT molecular complexity index is 579. The van der Waals surface area contributed by atoms with Crippen molar-refractivity contribution >= 4 is 11.9 Å². The monoisotopic (exact) mass is 243 g/mol. The molecule has 0 aliphatic rings. The zero-order valence-electron chi connectivity index (χ0n) is 9.87. The molecule has 4 nitrogen and oxygen atoms in total. The molecule has 2 N–H and O–H groups in total. The van der Waals surface area contributed by atoms with Crippen LogP contribution in [0.4, 0.5) is 5.69 Å². The lowest BCUT2D eigenvalue weighted by molar-refractivity contribution is 0.416. The van der Waals surface area contributed by atoms with E-state index in [1.54, 1.807) is 13.2 Å². The second-order valence-corrected chi connectivity index (χ2v) is 3.67. The lowest BCUT2D eigenvalue weighted by Crippen LogP contribution is -1.84. The van der Waals surface area contributed by atoms with Crippen molar-refractivity contribution in [3.8, 4) is 17.2 Å². The molecule has 92 valence electrons. The van der Waals surface area contributed by atoms with Crippen molar-refractivity contribution in [2.24, 2.45) is 4.99 Å². The first-order valence-electron chi connectivity index (χ1n) is 5.40. The summed E-state index contributed by atoms with van der Waals surface area (Å²) in [5.41, 5.74) is 1.20. The van der Waals surface area contributed by atoms with Crippen molar-refractivity contribution in [1.29, 1.82) is 0 Å². The van der Waals surface area contributed by atoms with Crippen LogP contribution in [0.3, 0.4) is 0 Å². The van der Waals surface area contributed by atoms with Gasteiger partial charge in [-0.05, 0) is 24.3 Å². The van der Waals surface area contributed by atoms with E-state index in [-0.39, 0.29) is 11.5 Å². The number of hydrogen-bond acceptors (Lipinski definition) is 4. The fourth-order valence-corrected chi connectivity index (χ4v) is 1.52. The number of benzene rings is 2.